The SMILES string of the molecule is C=CC[C@H](c1cccc(Cl)c1F)N1CCNCC1.Cl.Cl. The van der Waals surface area contributed by atoms with E-state index < -0.39 is 0 Å². The molecule has 20 heavy (non-hydrogen) atoms. The summed E-state index contributed by atoms with van der Waals surface area (Å²) >= 11 is 5.87. The number of rotatable bonds is 4. The van der Waals surface area contributed by atoms with Crippen molar-refractivity contribution in [3.8, 4) is 0 Å². The lowest BCUT2D eigenvalue weighted by molar-refractivity contribution is 0.171. The molecule has 114 valence electrons. The smallest absolute Gasteiger partial charge is 0.146 e. The molecule has 0 saturated carbocycles. The Hall–Kier alpha value is -0.320. The summed E-state index contributed by atoms with van der Waals surface area (Å²) in [6.07, 6.45) is 2.57. The molecule has 6 heteroatoms. The van der Waals surface area contributed by atoms with E-state index in [2.05, 4.69) is 16.8 Å². The van der Waals surface area contributed by atoms with E-state index in [-0.39, 0.29) is 41.7 Å². The highest BCUT2D eigenvalue weighted by molar-refractivity contribution is 6.30. The second kappa shape index (κ2) is 9.59. The zero-order chi connectivity index (χ0) is 13.0. The Morgan fingerprint density at radius 1 is 1.35 bits per heavy atom. The number of piperazine rings is 1. The standard InChI is InChI=1S/C14H18ClFN2.2ClH/c1-2-4-13(18-9-7-17-8-10-18)11-5-3-6-12(15)14(11)16;;/h2-3,5-6,13,17H,1,4,7-10H2;2*1H/t13-;;/m1../s1. The van der Waals surface area contributed by atoms with E-state index in [1.807, 2.05) is 12.1 Å². The first-order valence-electron chi connectivity index (χ1n) is 6.23. The molecular formula is C14H20Cl3FN2. The van der Waals surface area contributed by atoms with Gasteiger partial charge in [-0.1, -0.05) is 29.8 Å². The summed E-state index contributed by atoms with van der Waals surface area (Å²) in [5.41, 5.74) is 0.671. The molecule has 0 aromatic heterocycles. The number of halogens is 4. The number of nitrogens with zero attached hydrogens (tertiary/aromatic N) is 1. The van der Waals surface area contributed by atoms with Crippen LogP contribution in [0.5, 0.6) is 0 Å². The molecule has 0 bridgehead atoms. The zero-order valence-electron chi connectivity index (χ0n) is 11.1. The van der Waals surface area contributed by atoms with Gasteiger partial charge in [0.1, 0.15) is 5.82 Å². The van der Waals surface area contributed by atoms with Crippen LogP contribution >= 0.6 is 36.4 Å². The summed E-state index contributed by atoms with van der Waals surface area (Å²) in [5, 5.41) is 3.49. The molecule has 1 aromatic carbocycles. The third kappa shape index (κ3) is 4.61. The Morgan fingerprint density at radius 3 is 2.60 bits per heavy atom. The highest BCUT2D eigenvalue weighted by Gasteiger charge is 2.24. The van der Waals surface area contributed by atoms with Gasteiger partial charge in [-0.05, 0) is 12.5 Å². The van der Waals surface area contributed by atoms with Gasteiger partial charge in [-0.2, -0.15) is 0 Å². The van der Waals surface area contributed by atoms with Crippen molar-refractivity contribution in [2.24, 2.45) is 0 Å². The summed E-state index contributed by atoms with van der Waals surface area (Å²) in [6, 6.07) is 5.24. The molecule has 1 fully saturated rings. The lowest BCUT2D eigenvalue weighted by atomic mass is 10.0. The normalized spacial score (nSPS) is 16.7. The highest BCUT2D eigenvalue weighted by atomic mass is 35.5. The average molecular weight is 342 g/mol. The van der Waals surface area contributed by atoms with E-state index >= 15 is 0 Å². The van der Waals surface area contributed by atoms with E-state index in [1.165, 1.54) is 0 Å². The van der Waals surface area contributed by atoms with Crippen LogP contribution in [0, 0.1) is 5.82 Å². The molecule has 1 heterocycles. The largest absolute Gasteiger partial charge is 0.314 e. The maximum atomic E-state index is 14.1. The Balaban J connectivity index is 0.00000180. The van der Waals surface area contributed by atoms with Gasteiger partial charge in [-0.3, -0.25) is 4.90 Å². The van der Waals surface area contributed by atoms with E-state index in [9.17, 15) is 4.39 Å². The molecule has 0 spiro atoms. The molecular weight excluding hydrogens is 322 g/mol. The monoisotopic (exact) mass is 340 g/mol. The van der Waals surface area contributed by atoms with Crippen molar-refractivity contribution >= 4 is 36.4 Å². The lowest BCUT2D eigenvalue weighted by Crippen LogP contribution is -2.45. The summed E-state index contributed by atoms with van der Waals surface area (Å²) in [4.78, 5) is 2.28. The summed E-state index contributed by atoms with van der Waals surface area (Å²) in [6.45, 7) is 7.50. The van der Waals surface area contributed by atoms with Crippen LogP contribution in [0.3, 0.4) is 0 Å². The molecule has 1 aromatic rings. The maximum Gasteiger partial charge on any atom is 0.146 e. The Labute approximate surface area is 137 Å². The molecule has 1 saturated heterocycles. The fourth-order valence-corrected chi connectivity index (χ4v) is 2.58. The van der Waals surface area contributed by atoms with Crippen molar-refractivity contribution in [2.45, 2.75) is 12.5 Å². The van der Waals surface area contributed by atoms with Crippen LogP contribution in [0.1, 0.15) is 18.0 Å². The van der Waals surface area contributed by atoms with E-state index in [1.54, 1.807) is 12.1 Å². The molecule has 0 aliphatic carbocycles. The van der Waals surface area contributed by atoms with Crippen LogP contribution in [0.2, 0.25) is 5.02 Å². The van der Waals surface area contributed by atoms with Gasteiger partial charge >= 0.3 is 0 Å². The number of benzene rings is 1. The fraction of sp³-hybridized carbons (Fsp3) is 0.429. The minimum Gasteiger partial charge on any atom is -0.314 e. The fourth-order valence-electron chi connectivity index (χ4n) is 2.40. The van der Waals surface area contributed by atoms with Gasteiger partial charge in [0.15, 0.2) is 0 Å². The van der Waals surface area contributed by atoms with Crippen LogP contribution in [0.4, 0.5) is 4.39 Å². The molecule has 0 unspecified atom stereocenters. The summed E-state index contributed by atoms with van der Waals surface area (Å²) < 4.78 is 14.1. The van der Waals surface area contributed by atoms with Crippen molar-refractivity contribution < 1.29 is 4.39 Å². The van der Waals surface area contributed by atoms with Crippen molar-refractivity contribution in [3.05, 3.63) is 47.3 Å². The quantitative estimate of drug-likeness (QED) is 0.837. The molecule has 0 amide bonds. The number of hydrogen-bond donors (Lipinski definition) is 1. The molecule has 1 aliphatic heterocycles. The van der Waals surface area contributed by atoms with E-state index in [4.69, 9.17) is 11.6 Å². The van der Waals surface area contributed by atoms with Crippen LogP contribution < -0.4 is 5.32 Å². The molecule has 1 N–H and O–H groups in total. The second-order valence-corrected chi connectivity index (χ2v) is 4.88. The van der Waals surface area contributed by atoms with Gasteiger partial charge < -0.3 is 5.32 Å². The Bertz CT molecular complexity index is 423. The molecule has 1 atom stereocenters. The van der Waals surface area contributed by atoms with Crippen LogP contribution in [0.15, 0.2) is 30.9 Å². The third-order valence-corrected chi connectivity index (χ3v) is 3.61. The van der Waals surface area contributed by atoms with Crippen LogP contribution in [0.25, 0.3) is 0 Å². The van der Waals surface area contributed by atoms with Gasteiger partial charge in [0.2, 0.25) is 0 Å². The Kier molecular flexibility index (Phi) is 9.43. The molecule has 0 radical (unpaired) electrons. The van der Waals surface area contributed by atoms with E-state index in [0.717, 1.165) is 32.6 Å². The third-order valence-electron chi connectivity index (χ3n) is 3.32. The number of hydrogen-bond acceptors (Lipinski definition) is 2. The minimum absolute atomic E-state index is 0. The second-order valence-electron chi connectivity index (χ2n) is 4.47. The maximum absolute atomic E-state index is 14.1. The van der Waals surface area contributed by atoms with Crippen molar-refractivity contribution in [2.75, 3.05) is 26.2 Å². The molecule has 2 nitrogen and oxygen atoms in total. The first-order valence-corrected chi connectivity index (χ1v) is 6.61. The average Bonchev–Trinajstić information content (AvgIpc) is 2.41. The van der Waals surface area contributed by atoms with Gasteiger partial charge in [-0.15, -0.1) is 31.4 Å². The van der Waals surface area contributed by atoms with Gasteiger partial charge in [0, 0.05) is 37.8 Å². The number of nitrogens with one attached hydrogen (secondary N) is 1. The Morgan fingerprint density at radius 2 is 2.00 bits per heavy atom. The lowest BCUT2D eigenvalue weighted by Gasteiger charge is -2.35. The topological polar surface area (TPSA) is 15.3 Å². The molecule has 2 rings (SSSR count). The van der Waals surface area contributed by atoms with Gasteiger partial charge in [-0.25, -0.2) is 4.39 Å². The predicted octanol–water partition coefficient (Wildman–Crippen LogP) is 3.85. The van der Waals surface area contributed by atoms with Crippen molar-refractivity contribution in [1.82, 2.24) is 10.2 Å². The van der Waals surface area contributed by atoms with Crippen LogP contribution in [-0.2, 0) is 0 Å². The first kappa shape index (κ1) is 19.7. The minimum atomic E-state index is -0.301. The van der Waals surface area contributed by atoms with Crippen LogP contribution in [-0.4, -0.2) is 31.1 Å². The highest BCUT2D eigenvalue weighted by Crippen LogP contribution is 2.30. The van der Waals surface area contributed by atoms with Gasteiger partial charge in [0.05, 0.1) is 5.02 Å². The predicted molar refractivity (Wildman–Crippen MR) is 87.9 cm³/mol. The molecule has 1 aliphatic rings. The zero-order valence-corrected chi connectivity index (χ0v) is 13.5. The van der Waals surface area contributed by atoms with Crippen molar-refractivity contribution in [3.63, 3.8) is 0 Å². The first-order chi connectivity index (χ1) is 8.74. The van der Waals surface area contributed by atoms with E-state index in [0.29, 0.717) is 5.56 Å². The van der Waals surface area contributed by atoms with Crippen molar-refractivity contribution in [1.29, 1.82) is 0 Å². The summed E-state index contributed by atoms with van der Waals surface area (Å²) in [5.74, 6) is -0.301. The van der Waals surface area contributed by atoms with Gasteiger partial charge in [0.25, 0.3) is 0 Å². The summed E-state index contributed by atoms with van der Waals surface area (Å²) in [7, 11) is 0.